The standard InChI is InChI=1S/C17H14N2O3S2/c1-8(2)22-11-4-10(7-18)12-6-14(23-13(12)5-11)16-19-9(3)15(24-16)17(20)21/h4-6,8H,1-3H3,(H,20,21). The minimum Gasteiger partial charge on any atom is -0.491 e. The van der Waals surface area contributed by atoms with Crippen molar-refractivity contribution in [3.63, 3.8) is 0 Å². The van der Waals surface area contributed by atoms with Crippen LogP contribution in [-0.4, -0.2) is 22.2 Å². The maximum absolute atomic E-state index is 11.2. The molecule has 7 heteroatoms. The summed E-state index contributed by atoms with van der Waals surface area (Å²) in [5, 5.41) is 20.1. The van der Waals surface area contributed by atoms with E-state index in [2.05, 4.69) is 11.1 Å². The van der Waals surface area contributed by atoms with Gasteiger partial charge in [-0.3, -0.25) is 0 Å². The molecular weight excluding hydrogens is 344 g/mol. The molecular formula is C17H14N2O3S2. The van der Waals surface area contributed by atoms with E-state index in [1.165, 1.54) is 11.3 Å². The Balaban J connectivity index is 2.13. The molecule has 0 saturated heterocycles. The Morgan fingerprint density at radius 3 is 2.67 bits per heavy atom. The van der Waals surface area contributed by atoms with Crippen molar-refractivity contribution in [2.24, 2.45) is 0 Å². The third-order valence-electron chi connectivity index (χ3n) is 3.30. The van der Waals surface area contributed by atoms with E-state index in [1.54, 1.807) is 13.0 Å². The summed E-state index contributed by atoms with van der Waals surface area (Å²) in [6, 6.07) is 7.73. The van der Waals surface area contributed by atoms with Crippen molar-refractivity contribution in [3.8, 4) is 21.7 Å². The normalized spacial score (nSPS) is 11.0. The number of thiophene rings is 1. The zero-order valence-corrected chi connectivity index (χ0v) is 14.9. The summed E-state index contributed by atoms with van der Waals surface area (Å²) >= 11 is 2.63. The van der Waals surface area contributed by atoms with E-state index in [0.29, 0.717) is 22.0 Å². The second-order valence-corrected chi connectivity index (χ2v) is 7.59. The fraction of sp³-hybridized carbons (Fsp3) is 0.235. The molecule has 2 aromatic heterocycles. The van der Waals surface area contributed by atoms with Crippen LogP contribution in [0.3, 0.4) is 0 Å². The van der Waals surface area contributed by atoms with E-state index in [9.17, 15) is 15.2 Å². The van der Waals surface area contributed by atoms with Gasteiger partial charge in [0.15, 0.2) is 0 Å². The monoisotopic (exact) mass is 358 g/mol. The molecule has 0 bridgehead atoms. The van der Waals surface area contributed by atoms with E-state index < -0.39 is 5.97 Å². The third kappa shape index (κ3) is 2.98. The number of ether oxygens (including phenoxy) is 1. The van der Waals surface area contributed by atoms with Gasteiger partial charge in [0.25, 0.3) is 0 Å². The maximum Gasteiger partial charge on any atom is 0.347 e. The van der Waals surface area contributed by atoms with Crippen molar-refractivity contribution >= 4 is 38.7 Å². The fourth-order valence-electron chi connectivity index (χ4n) is 2.35. The van der Waals surface area contributed by atoms with Gasteiger partial charge in [-0.05, 0) is 39.0 Å². The number of hydrogen-bond donors (Lipinski definition) is 1. The Bertz CT molecular complexity index is 980. The molecule has 24 heavy (non-hydrogen) atoms. The smallest absolute Gasteiger partial charge is 0.347 e. The molecule has 0 aliphatic rings. The number of carboxylic acids is 1. The molecule has 122 valence electrons. The molecule has 0 atom stereocenters. The molecule has 1 aromatic carbocycles. The first kappa shape index (κ1) is 16.4. The second-order valence-electron chi connectivity index (χ2n) is 5.51. The summed E-state index contributed by atoms with van der Waals surface area (Å²) in [6.45, 7) is 5.55. The number of carboxylic acid groups (broad SMARTS) is 1. The lowest BCUT2D eigenvalue weighted by Crippen LogP contribution is -2.05. The first-order chi connectivity index (χ1) is 11.4. The summed E-state index contributed by atoms with van der Waals surface area (Å²) in [6.07, 6.45) is 0.0214. The molecule has 0 saturated carbocycles. The number of nitrogens with zero attached hydrogens (tertiary/aromatic N) is 2. The first-order valence-corrected chi connectivity index (χ1v) is 8.87. The van der Waals surface area contributed by atoms with Gasteiger partial charge in [-0.2, -0.15) is 5.26 Å². The highest BCUT2D eigenvalue weighted by Gasteiger charge is 2.18. The predicted octanol–water partition coefficient (Wildman–Crippen LogP) is 4.69. The second kappa shape index (κ2) is 6.23. The third-order valence-corrected chi connectivity index (χ3v) is 5.70. The number of aryl methyl sites for hydroxylation is 1. The van der Waals surface area contributed by atoms with Gasteiger partial charge in [0, 0.05) is 10.1 Å². The van der Waals surface area contributed by atoms with E-state index in [4.69, 9.17) is 4.74 Å². The van der Waals surface area contributed by atoms with Gasteiger partial charge < -0.3 is 9.84 Å². The quantitative estimate of drug-likeness (QED) is 0.731. The molecule has 2 heterocycles. The van der Waals surface area contributed by atoms with Gasteiger partial charge in [-0.1, -0.05) is 0 Å². The lowest BCUT2D eigenvalue weighted by Gasteiger charge is -2.09. The predicted molar refractivity (Wildman–Crippen MR) is 95.1 cm³/mol. The summed E-state index contributed by atoms with van der Waals surface area (Å²) in [4.78, 5) is 16.7. The summed E-state index contributed by atoms with van der Waals surface area (Å²) in [7, 11) is 0. The number of carbonyl (C=O) groups is 1. The van der Waals surface area contributed by atoms with Crippen molar-refractivity contribution in [1.82, 2.24) is 4.98 Å². The zero-order chi connectivity index (χ0) is 17.4. The van der Waals surface area contributed by atoms with Crippen LogP contribution in [0.1, 0.15) is 34.8 Å². The highest BCUT2D eigenvalue weighted by Crippen LogP contribution is 2.39. The Labute approximate surface area is 146 Å². The fourth-order valence-corrected chi connectivity index (χ4v) is 4.42. The topological polar surface area (TPSA) is 83.2 Å². The van der Waals surface area contributed by atoms with Crippen LogP contribution in [0.2, 0.25) is 0 Å². The molecule has 0 amide bonds. The molecule has 0 aliphatic carbocycles. The van der Waals surface area contributed by atoms with Crippen LogP contribution >= 0.6 is 22.7 Å². The minimum atomic E-state index is -0.970. The Morgan fingerprint density at radius 2 is 2.08 bits per heavy atom. The van der Waals surface area contributed by atoms with E-state index in [0.717, 1.165) is 26.3 Å². The molecule has 0 unspecified atom stereocenters. The van der Waals surface area contributed by atoms with Crippen LogP contribution in [0.5, 0.6) is 5.75 Å². The number of benzene rings is 1. The van der Waals surface area contributed by atoms with Gasteiger partial charge in [-0.15, -0.1) is 22.7 Å². The molecule has 0 spiro atoms. The van der Waals surface area contributed by atoms with Crippen molar-refractivity contribution in [3.05, 3.63) is 34.3 Å². The molecule has 5 nitrogen and oxygen atoms in total. The van der Waals surface area contributed by atoms with Crippen LogP contribution in [0, 0.1) is 18.3 Å². The number of aromatic nitrogens is 1. The SMILES string of the molecule is Cc1nc(-c2cc3c(C#N)cc(OC(C)C)cc3s2)sc1C(=O)O. The Morgan fingerprint density at radius 1 is 1.33 bits per heavy atom. The lowest BCUT2D eigenvalue weighted by molar-refractivity contribution is 0.0701. The van der Waals surface area contributed by atoms with E-state index in [-0.39, 0.29) is 11.0 Å². The average molecular weight is 358 g/mol. The Kier molecular flexibility index (Phi) is 4.26. The summed E-state index contributed by atoms with van der Waals surface area (Å²) < 4.78 is 6.62. The largest absolute Gasteiger partial charge is 0.491 e. The van der Waals surface area contributed by atoms with Crippen molar-refractivity contribution < 1.29 is 14.6 Å². The van der Waals surface area contributed by atoms with Gasteiger partial charge in [0.1, 0.15) is 15.6 Å². The van der Waals surface area contributed by atoms with Gasteiger partial charge in [0.2, 0.25) is 0 Å². The summed E-state index contributed by atoms with van der Waals surface area (Å²) in [5.74, 6) is -0.313. The number of hydrogen-bond acceptors (Lipinski definition) is 6. The summed E-state index contributed by atoms with van der Waals surface area (Å²) in [5.41, 5.74) is 1.04. The number of rotatable bonds is 4. The van der Waals surface area contributed by atoms with Crippen molar-refractivity contribution in [1.29, 1.82) is 5.26 Å². The van der Waals surface area contributed by atoms with Gasteiger partial charge >= 0.3 is 5.97 Å². The Hall–Kier alpha value is -2.43. The molecule has 0 radical (unpaired) electrons. The molecule has 0 aliphatic heterocycles. The number of aromatic carboxylic acids is 1. The first-order valence-electron chi connectivity index (χ1n) is 7.24. The minimum absolute atomic E-state index is 0.0214. The molecule has 3 aromatic rings. The maximum atomic E-state index is 11.2. The highest BCUT2D eigenvalue weighted by atomic mass is 32.1. The molecule has 0 fully saturated rings. The van der Waals surface area contributed by atoms with Crippen LogP contribution in [0.15, 0.2) is 18.2 Å². The average Bonchev–Trinajstić information content (AvgIpc) is 3.08. The van der Waals surface area contributed by atoms with Crippen LogP contribution < -0.4 is 4.74 Å². The van der Waals surface area contributed by atoms with Crippen molar-refractivity contribution in [2.75, 3.05) is 0 Å². The number of nitriles is 1. The molecule has 1 N–H and O–H groups in total. The van der Waals surface area contributed by atoms with Gasteiger partial charge in [-0.25, -0.2) is 9.78 Å². The van der Waals surface area contributed by atoms with E-state index in [1.807, 2.05) is 26.0 Å². The van der Waals surface area contributed by atoms with Crippen LogP contribution in [-0.2, 0) is 0 Å². The van der Waals surface area contributed by atoms with Crippen LogP contribution in [0.25, 0.3) is 20.0 Å². The van der Waals surface area contributed by atoms with Gasteiger partial charge in [0.05, 0.1) is 28.3 Å². The number of fused-ring (bicyclic) bond motifs is 1. The van der Waals surface area contributed by atoms with Crippen molar-refractivity contribution in [2.45, 2.75) is 26.9 Å². The lowest BCUT2D eigenvalue weighted by atomic mass is 10.1. The number of thiazole rings is 1. The zero-order valence-electron chi connectivity index (χ0n) is 13.3. The highest BCUT2D eigenvalue weighted by molar-refractivity contribution is 7.26. The molecule has 3 rings (SSSR count). The van der Waals surface area contributed by atoms with Crippen LogP contribution in [0.4, 0.5) is 0 Å². The van der Waals surface area contributed by atoms with E-state index >= 15 is 0 Å².